The molecular formula is C16H17FN2O. The molecule has 0 saturated heterocycles. The van der Waals surface area contributed by atoms with Crippen LogP contribution in [-0.4, -0.2) is 12.5 Å². The summed E-state index contributed by atoms with van der Waals surface area (Å²) in [6, 6.07) is 13.2. The monoisotopic (exact) mass is 272 g/mol. The Morgan fingerprint density at radius 3 is 2.50 bits per heavy atom. The molecule has 0 unspecified atom stereocenters. The number of amides is 1. The molecule has 0 bridgehead atoms. The highest BCUT2D eigenvalue weighted by Gasteiger charge is 2.14. The molecule has 2 aromatic rings. The lowest BCUT2D eigenvalue weighted by Gasteiger charge is -2.21. The van der Waals surface area contributed by atoms with Crippen molar-refractivity contribution in [2.45, 2.75) is 13.3 Å². The van der Waals surface area contributed by atoms with Crippen molar-refractivity contribution in [3.63, 3.8) is 0 Å². The zero-order valence-corrected chi connectivity index (χ0v) is 11.3. The Labute approximate surface area is 117 Å². The summed E-state index contributed by atoms with van der Waals surface area (Å²) >= 11 is 0. The van der Waals surface area contributed by atoms with Crippen molar-refractivity contribution in [3.05, 3.63) is 59.9 Å². The Morgan fingerprint density at radius 2 is 1.90 bits per heavy atom. The van der Waals surface area contributed by atoms with Crippen molar-refractivity contribution in [1.82, 2.24) is 0 Å². The van der Waals surface area contributed by atoms with E-state index in [4.69, 9.17) is 5.73 Å². The fraction of sp³-hybridized carbons (Fsp3) is 0.188. The zero-order chi connectivity index (χ0) is 14.5. The highest BCUT2D eigenvalue weighted by Crippen LogP contribution is 2.18. The molecular weight excluding hydrogens is 255 g/mol. The second-order valence-electron chi connectivity index (χ2n) is 4.54. The summed E-state index contributed by atoms with van der Waals surface area (Å²) in [5.41, 5.74) is 7.93. The van der Waals surface area contributed by atoms with Gasteiger partial charge in [-0.25, -0.2) is 4.39 Å². The first-order valence-electron chi connectivity index (χ1n) is 6.50. The maximum absolute atomic E-state index is 12.8. The van der Waals surface area contributed by atoms with E-state index >= 15 is 0 Å². The molecule has 0 spiro atoms. The lowest BCUT2D eigenvalue weighted by atomic mass is 10.1. The standard InChI is InChI=1S/C16H17FN2O/c1-2-19(15-5-3-4-14(18)11-15)16(20)10-12-6-8-13(17)9-7-12/h3-9,11H,2,10,18H2,1H3. The summed E-state index contributed by atoms with van der Waals surface area (Å²) in [5.74, 6) is -0.339. The van der Waals surface area contributed by atoms with E-state index in [9.17, 15) is 9.18 Å². The summed E-state index contributed by atoms with van der Waals surface area (Å²) < 4.78 is 12.8. The molecule has 104 valence electrons. The van der Waals surface area contributed by atoms with Crippen molar-refractivity contribution in [2.24, 2.45) is 0 Å². The molecule has 0 aromatic heterocycles. The third kappa shape index (κ3) is 3.35. The number of hydrogen-bond acceptors (Lipinski definition) is 2. The van der Waals surface area contributed by atoms with E-state index in [-0.39, 0.29) is 18.1 Å². The van der Waals surface area contributed by atoms with Crippen LogP contribution < -0.4 is 10.6 Å². The summed E-state index contributed by atoms with van der Waals surface area (Å²) in [4.78, 5) is 14.0. The Morgan fingerprint density at radius 1 is 1.20 bits per heavy atom. The SMILES string of the molecule is CCN(C(=O)Cc1ccc(F)cc1)c1cccc(N)c1. The number of likely N-dealkylation sites (N-methyl/N-ethyl adjacent to an activating group) is 1. The van der Waals surface area contributed by atoms with Gasteiger partial charge in [0.15, 0.2) is 0 Å². The molecule has 0 atom stereocenters. The van der Waals surface area contributed by atoms with E-state index in [0.29, 0.717) is 12.2 Å². The van der Waals surface area contributed by atoms with Crippen LogP contribution in [0.15, 0.2) is 48.5 Å². The Balaban J connectivity index is 2.15. The highest BCUT2D eigenvalue weighted by molar-refractivity contribution is 5.95. The molecule has 2 N–H and O–H groups in total. The highest BCUT2D eigenvalue weighted by atomic mass is 19.1. The molecule has 2 aromatic carbocycles. The molecule has 1 amide bonds. The van der Waals surface area contributed by atoms with Gasteiger partial charge in [0, 0.05) is 17.9 Å². The van der Waals surface area contributed by atoms with Crippen molar-refractivity contribution < 1.29 is 9.18 Å². The van der Waals surface area contributed by atoms with Gasteiger partial charge >= 0.3 is 0 Å². The zero-order valence-electron chi connectivity index (χ0n) is 11.3. The van der Waals surface area contributed by atoms with Gasteiger partial charge < -0.3 is 10.6 Å². The summed E-state index contributed by atoms with van der Waals surface area (Å²) in [5, 5.41) is 0. The van der Waals surface area contributed by atoms with E-state index < -0.39 is 0 Å². The summed E-state index contributed by atoms with van der Waals surface area (Å²) in [6.45, 7) is 2.47. The number of anilines is 2. The van der Waals surface area contributed by atoms with Gasteiger partial charge in [-0.2, -0.15) is 0 Å². The van der Waals surface area contributed by atoms with E-state index in [2.05, 4.69) is 0 Å². The van der Waals surface area contributed by atoms with Crippen LogP contribution in [0.3, 0.4) is 0 Å². The van der Waals surface area contributed by atoms with Gasteiger partial charge in [0.05, 0.1) is 6.42 Å². The number of benzene rings is 2. The molecule has 0 aliphatic carbocycles. The number of nitrogen functional groups attached to an aromatic ring is 1. The lowest BCUT2D eigenvalue weighted by Crippen LogP contribution is -2.32. The minimum Gasteiger partial charge on any atom is -0.399 e. The lowest BCUT2D eigenvalue weighted by molar-refractivity contribution is -0.117. The number of nitrogens with zero attached hydrogens (tertiary/aromatic N) is 1. The number of halogens is 1. The van der Waals surface area contributed by atoms with Gasteiger partial charge in [-0.1, -0.05) is 18.2 Å². The van der Waals surface area contributed by atoms with E-state index in [1.807, 2.05) is 19.1 Å². The third-order valence-corrected chi connectivity index (χ3v) is 3.07. The largest absolute Gasteiger partial charge is 0.399 e. The van der Waals surface area contributed by atoms with Gasteiger partial charge in [-0.05, 0) is 42.8 Å². The Hall–Kier alpha value is -2.36. The van der Waals surface area contributed by atoms with Crippen molar-refractivity contribution >= 4 is 17.3 Å². The topological polar surface area (TPSA) is 46.3 Å². The molecule has 0 saturated carbocycles. The molecule has 0 aliphatic heterocycles. The van der Waals surface area contributed by atoms with Gasteiger partial charge in [0.1, 0.15) is 5.82 Å². The number of nitrogens with two attached hydrogens (primary N) is 1. The van der Waals surface area contributed by atoms with Crippen LogP contribution in [0.4, 0.5) is 15.8 Å². The smallest absolute Gasteiger partial charge is 0.231 e. The van der Waals surface area contributed by atoms with Gasteiger partial charge in [-0.3, -0.25) is 4.79 Å². The normalized spacial score (nSPS) is 10.3. The predicted molar refractivity (Wildman–Crippen MR) is 79.0 cm³/mol. The predicted octanol–water partition coefficient (Wildman–Crippen LogP) is 3.00. The molecule has 2 rings (SSSR count). The second-order valence-corrected chi connectivity index (χ2v) is 4.54. The molecule has 0 heterocycles. The summed E-state index contributed by atoms with van der Waals surface area (Å²) in [6.07, 6.45) is 0.239. The number of carbonyl (C=O) groups is 1. The first-order valence-corrected chi connectivity index (χ1v) is 6.50. The molecule has 4 heteroatoms. The maximum atomic E-state index is 12.8. The first-order chi connectivity index (χ1) is 9.60. The van der Waals surface area contributed by atoms with Crippen LogP contribution >= 0.6 is 0 Å². The molecule has 3 nitrogen and oxygen atoms in total. The van der Waals surface area contributed by atoms with Crippen LogP contribution in [-0.2, 0) is 11.2 Å². The maximum Gasteiger partial charge on any atom is 0.231 e. The second kappa shape index (κ2) is 6.19. The van der Waals surface area contributed by atoms with Crippen molar-refractivity contribution in [3.8, 4) is 0 Å². The van der Waals surface area contributed by atoms with Crippen molar-refractivity contribution in [2.75, 3.05) is 17.2 Å². The Kier molecular flexibility index (Phi) is 4.35. The van der Waals surface area contributed by atoms with E-state index in [0.717, 1.165) is 11.3 Å². The average molecular weight is 272 g/mol. The van der Waals surface area contributed by atoms with Crippen LogP contribution in [0.1, 0.15) is 12.5 Å². The Bertz CT molecular complexity index is 596. The fourth-order valence-electron chi connectivity index (χ4n) is 2.07. The van der Waals surface area contributed by atoms with Crippen LogP contribution in [0.2, 0.25) is 0 Å². The van der Waals surface area contributed by atoms with E-state index in [1.54, 1.807) is 29.2 Å². The third-order valence-electron chi connectivity index (χ3n) is 3.07. The molecule has 20 heavy (non-hydrogen) atoms. The number of rotatable bonds is 4. The summed E-state index contributed by atoms with van der Waals surface area (Å²) in [7, 11) is 0. The van der Waals surface area contributed by atoms with E-state index in [1.165, 1.54) is 12.1 Å². The minimum atomic E-state index is -0.302. The first kappa shape index (κ1) is 14.1. The quantitative estimate of drug-likeness (QED) is 0.870. The number of carbonyl (C=O) groups excluding carboxylic acids is 1. The van der Waals surface area contributed by atoms with Crippen molar-refractivity contribution in [1.29, 1.82) is 0 Å². The fourth-order valence-corrected chi connectivity index (χ4v) is 2.07. The van der Waals surface area contributed by atoms with Crippen LogP contribution in [0.25, 0.3) is 0 Å². The van der Waals surface area contributed by atoms with Crippen LogP contribution in [0.5, 0.6) is 0 Å². The molecule has 0 fully saturated rings. The van der Waals surface area contributed by atoms with Gasteiger partial charge in [-0.15, -0.1) is 0 Å². The molecule has 0 aliphatic rings. The average Bonchev–Trinajstić information content (AvgIpc) is 2.42. The molecule has 0 radical (unpaired) electrons. The number of hydrogen-bond donors (Lipinski definition) is 1. The van der Waals surface area contributed by atoms with Gasteiger partial charge in [0.2, 0.25) is 5.91 Å². The van der Waals surface area contributed by atoms with Crippen LogP contribution in [0, 0.1) is 5.82 Å². The minimum absolute atomic E-state index is 0.0373. The van der Waals surface area contributed by atoms with Gasteiger partial charge in [0.25, 0.3) is 0 Å².